The van der Waals surface area contributed by atoms with Gasteiger partial charge in [-0.25, -0.2) is 0 Å². The summed E-state index contributed by atoms with van der Waals surface area (Å²) in [7, 11) is -3.47. The maximum atomic E-state index is 12.4. The van der Waals surface area contributed by atoms with Gasteiger partial charge in [0.25, 0.3) is 10.2 Å². The van der Waals surface area contributed by atoms with Crippen LogP contribution in [-0.2, 0) is 10.2 Å². The number of nitrogens with one attached hydrogen (secondary N) is 1. The van der Waals surface area contributed by atoms with Crippen molar-refractivity contribution in [3.05, 3.63) is 35.9 Å². The molecular weight excluding hydrogens is 274 g/mol. The van der Waals surface area contributed by atoms with Crippen molar-refractivity contribution in [1.29, 1.82) is 0 Å². The predicted octanol–water partition coefficient (Wildman–Crippen LogP) is 1.25. The zero-order valence-corrected chi connectivity index (χ0v) is 12.6. The first-order valence-corrected chi connectivity index (χ1v) is 8.49. The summed E-state index contributed by atoms with van der Waals surface area (Å²) in [5.74, 6) is 0.411. The summed E-state index contributed by atoms with van der Waals surface area (Å²) in [5, 5.41) is 0. The fourth-order valence-electron chi connectivity index (χ4n) is 2.56. The zero-order valence-electron chi connectivity index (χ0n) is 11.8. The summed E-state index contributed by atoms with van der Waals surface area (Å²) in [4.78, 5) is 0. The van der Waals surface area contributed by atoms with Gasteiger partial charge in [0.1, 0.15) is 0 Å². The molecule has 2 rings (SSSR count). The maximum Gasteiger partial charge on any atom is 0.280 e. The molecule has 2 atom stereocenters. The first kappa shape index (κ1) is 15.4. The van der Waals surface area contributed by atoms with Gasteiger partial charge in [-0.3, -0.25) is 0 Å². The van der Waals surface area contributed by atoms with Gasteiger partial charge >= 0.3 is 0 Å². The normalized spacial score (nSPS) is 22.6. The smallest absolute Gasteiger partial charge is 0.280 e. The van der Waals surface area contributed by atoms with Crippen LogP contribution in [0.4, 0.5) is 0 Å². The molecule has 20 heavy (non-hydrogen) atoms. The van der Waals surface area contributed by atoms with E-state index in [1.165, 1.54) is 4.31 Å². The van der Waals surface area contributed by atoms with Gasteiger partial charge in [-0.15, -0.1) is 0 Å². The minimum atomic E-state index is -3.47. The average molecular weight is 297 g/mol. The van der Waals surface area contributed by atoms with Crippen LogP contribution in [-0.4, -0.2) is 32.4 Å². The largest absolute Gasteiger partial charge is 0.329 e. The summed E-state index contributed by atoms with van der Waals surface area (Å²) >= 11 is 0. The van der Waals surface area contributed by atoms with Crippen molar-refractivity contribution in [3.8, 4) is 0 Å². The lowest BCUT2D eigenvalue weighted by Crippen LogP contribution is -2.47. The molecule has 0 aromatic heterocycles. The fourth-order valence-corrected chi connectivity index (χ4v) is 4.12. The van der Waals surface area contributed by atoms with Gasteiger partial charge in [0, 0.05) is 19.6 Å². The molecule has 6 heteroatoms. The number of nitrogens with two attached hydrogens (primary N) is 1. The van der Waals surface area contributed by atoms with Crippen LogP contribution in [0.1, 0.15) is 31.4 Å². The highest BCUT2D eigenvalue weighted by Crippen LogP contribution is 2.20. The molecule has 1 aliphatic heterocycles. The predicted molar refractivity (Wildman–Crippen MR) is 80.3 cm³/mol. The Morgan fingerprint density at radius 2 is 2.10 bits per heavy atom. The highest BCUT2D eigenvalue weighted by molar-refractivity contribution is 7.87. The molecule has 0 aliphatic carbocycles. The van der Waals surface area contributed by atoms with Crippen molar-refractivity contribution in [3.63, 3.8) is 0 Å². The van der Waals surface area contributed by atoms with Crippen molar-refractivity contribution >= 4 is 10.2 Å². The van der Waals surface area contributed by atoms with Gasteiger partial charge in [0.15, 0.2) is 0 Å². The third-order valence-electron chi connectivity index (χ3n) is 3.69. The number of piperidine rings is 1. The summed E-state index contributed by atoms with van der Waals surface area (Å²) in [6.45, 7) is 3.50. The van der Waals surface area contributed by atoms with Crippen LogP contribution in [0.15, 0.2) is 30.3 Å². The Labute approximate surface area is 121 Å². The SMILES string of the molecule is CC1CCCN(S(=O)(=O)NC(CN)c2ccccc2)C1. The summed E-state index contributed by atoms with van der Waals surface area (Å²) in [5.41, 5.74) is 6.62. The van der Waals surface area contributed by atoms with Crippen LogP contribution in [0.25, 0.3) is 0 Å². The van der Waals surface area contributed by atoms with E-state index < -0.39 is 10.2 Å². The van der Waals surface area contributed by atoms with E-state index in [9.17, 15) is 8.42 Å². The highest BCUT2D eigenvalue weighted by Gasteiger charge is 2.29. The molecule has 2 unspecified atom stereocenters. The van der Waals surface area contributed by atoms with Crippen molar-refractivity contribution in [2.45, 2.75) is 25.8 Å². The second-order valence-electron chi connectivity index (χ2n) is 5.43. The van der Waals surface area contributed by atoms with Crippen molar-refractivity contribution in [2.24, 2.45) is 11.7 Å². The molecule has 5 nitrogen and oxygen atoms in total. The summed E-state index contributed by atoms with van der Waals surface area (Å²) < 4.78 is 29.1. The van der Waals surface area contributed by atoms with E-state index in [1.807, 2.05) is 30.3 Å². The lowest BCUT2D eigenvalue weighted by molar-refractivity contribution is 0.276. The number of hydrogen-bond acceptors (Lipinski definition) is 3. The first-order chi connectivity index (χ1) is 9.53. The molecule has 0 spiro atoms. The standard InChI is InChI=1S/C14H23N3O2S/c1-12-6-5-9-17(11-12)20(18,19)16-14(10-15)13-7-3-2-4-8-13/h2-4,7-8,12,14,16H,5-6,9-11,15H2,1H3. The average Bonchev–Trinajstić information content (AvgIpc) is 2.46. The van der Waals surface area contributed by atoms with Crippen LogP contribution in [0, 0.1) is 5.92 Å². The molecule has 0 amide bonds. The van der Waals surface area contributed by atoms with E-state index in [0.717, 1.165) is 18.4 Å². The van der Waals surface area contributed by atoms with Gasteiger partial charge in [0.05, 0.1) is 6.04 Å². The van der Waals surface area contributed by atoms with Crippen LogP contribution >= 0.6 is 0 Å². The molecule has 1 aromatic carbocycles. The Morgan fingerprint density at radius 3 is 2.70 bits per heavy atom. The van der Waals surface area contributed by atoms with E-state index in [4.69, 9.17) is 5.73 Å². The molecule has 1 heterocycles. The van der Waals surface area contributed by atoms with Crippen LogP contribution < -0.4 is 10.5 Å². The van der Waals surface area contributed by atoms with Crippen LogP contribution in [0.3, 0.4) is 0 Å². The molecule has 0 bridgehead atoms. The molecule has 112 valence electrons. The zero-order chi connectivity index (χ0) is 14.6. The number of hydrogen-bond donors (Lipinski definition) is 2. The molecule has 1 aliphatic rings. The van der Waals surface area contributed by atoms with E-state index in [-0.39, 0.29) is 12.6 Å². The molecule has 1 saturated heterocycles. The third-order valence-corrected chi connectivity index (χ3v) is 5.28. The lowest BCUT2D eigenvalue weighted by atomic mass is 10.0. The molecule has 3 N–H and O–H groups in total. The quantitative estimate of drug-likeness (QED) is 0.859. The third kappa shape index (κ3) is 3.79. The molecule has 0 saturated carbocycles. The second-order valence-corrected chi connectivity index (χ2v) is 7.13. The fraction of sp³-hybridized carbons (Fsp3) is 0.571. The Hall–Kier alpha value is -0.950. The van der Waals surface area contributed by atoms with E-state index in [1.54, 1.807) is 0 Å². The van der Waals surface area contributed by atoms with Gasteiger partial charge in [-0.2, -0.15) is 17.4 Å². The second kappa shape index (κ2) is 6.67. The van der Waals surface area contributed by atoms with Crippen LogP contribution in [0.2, 0.25) is 0 Å². The van der Waals surface area contributed by atoms with E-state index in [2.05, 4.69) is 11.6 Å². The molecule has 1 fully saturated rings. The van der Waals surface area contributed by atoms with Gasteiger partial charge in [-0.05, 0) is 24.3 Å². The van der Waals surface area contributed by atoms with Crippen molar-refractivity contribution in [2.75, 3.05) is 19.6 Å². The van der Waals surface area contributed by atoms with Crippen molar-refractivity contribution in [1.82, 2.24) is 9.03 Å². The minimum absolute atomic E-state index is 0.243. The van der Waals surface area contributed by atoms with Gasteiger partial charge < -0.3 is 5.73 Å². The molecular formula is C14H23N3O2S. The maximum absolute atomic E-state index is 12.4. The topological polar surface area (TPSA) is 75.4 Å². The highest BCUT2D eigenvalue weighted by atomic mass is 32.2. The number of benzene rings is 1. The van der Waals surface area contributed by atoms with Crippen LogP contribution in [0.5, 0.6) is 0 Å². The van der Waals surface area contributed by atoms with E-state index in [0.29, 0.717) is 19.0 Å². The molecule has 1 aromatic rings. The summed E-state index contributed by atoms with van der Waals surface area (Å²) in [6, 6.07) is 9.07. The van der Waals surface area contributed by atoms with E-state index >= 15 is 0 Å². The van der Waals surface area contributed by atoms with Crippen molar-refractivity contribution < 1.29 is 8.42 Å². The Bertz CT molecular complexity index is 518. The Balaban J connectivity index is 2.10. The Kier molecular flexibility index (Phi) is 5.15. The number of nitrogens with zero attached hydrogens (tertiary/aromatic N) is 1. The van der Waals surface area contributed by atoms with Gasteiger partial charge in [-0.1, -0.05) is 37.3 Å². The lowest BCUT2D eigenvalue weighted by Gasteiger charge is -2.31. The number of rotatable bonds is 5. The monoisotopic (exact) mass is 297 g/mol. The van der Waals surface area contributed by atoms with Gasteiger partial charge in [0.2, 0.25) is 0 Å². The molecule has 0 radical (unpaired) electrons. The minimum Gasteiger partial charge on any atom is -0.329 e. The Morgan fingerprint density at radius 1 is 1.40 bits per heavy atom. The summed E-state index contributed by atoms with van der Waals surface area (Å²) in [6.07, 6.45) is 2.01. The first-order valence-electron chi connectivity index (χ1n) is 7.05.